The van der Waals surface area contributed by atoms with Crippen molar-refractivity contribution in [3.8, 4) is 0 Å². The molecule has 0 spiro atoms. The molecule has 0 aliphatic heterocycles. The second kappa shape index (κ2) is 7.38. The van der Waals surface area contributed by atoms with Gasteiger partial charge in [0.2, 0.25) is 0 Å². The van der Waals surface area contributed by atoms with E-state index in [-0.39, 0.29) is 0 Å². The van der Waals surface area contributed by atoms with Crippen LogP contribution >= 0.6 is 0 Å². The lowest BCUT2D eigenvalue weighted by atomic mass is 10.2. The molecule has 0 atom stereocenters. The van der Waals surface area contributed by atoms with Gasteiger partial charge in [0.1, 0.15) is 14.1 Å². The van der Waals surface area contributed by atoms with Crippen LogP contribution in [0.3, 0.4) is 0 Å². The molecule has 1 aromatic carbocycles. The Hall–Kier alpha value is -1.92. The molecule has 6 nitrogen and oxygen atoms in total. The SMILES string of the molecule is C/[N+]([O-])=C/c1ccc(/C=[N+](/C)[O-])cc1.[2H][N-]O. The first kappa shape index (κ1) is 12.2. The Morgan fingerprint density at radius 2 is 1.38 bits per heavy atom. The van der Waals surface area contributed by atoms with Gasteiger partial charge in [-0.3, -0.25) is 0 Å². The second-order valence-electron chi connectivity index (χ2n) is 3.02. The standard InChI is InChI=1S/C10H12N2O2.H2NO/c1-11(13)7-9-3-5-10(6-4-9)8-12(2)14;1-2/h3-8H,1-2H3;1-2H/q;-1/b11-7-,12-8-;/i;1D. The Bertz CT molecular complexity index is 345. The molecule has 0 heterocycles. The molecule has 1 aromatic rings. The van der Waals surface area contributed by atoms with Gasteiger partial charge in [-0.15, -0.1) is 1.41 Å². The van der Waals surface area contributed by atoms with Crippen LogP contribution in [0.1, 0.15) is 11.1 Å². The van der Waals surface area contributed by atoms with Crippen LogP contribution in [0.5, 0.6) is 0 Å². The fourth-order valence-corrected chi connectivity index (χ4v) is 1.09. The summed E-state index contributed by atoms with van der Waals surface area (Å²) in [6.07, 6.45) is 2.93. The molecule has 0 fully saturated rings. The maximum atomic E-state index is 10.7. The summed E-state index contributed by atoms with van der Waals surface area (Å²) in [6, 6.07) is 7.13. The van der Waals surface area contributed by atoms with E-state index in [0.29, 0.717) is 0 Å². The van der Waals surface area contributed by atoms with Crippen molar-refractivity contribution in [2.75, 3.05) is 14.1 Å². The van der Waals surface area contributed by atoms with Crippen molar-refractivity contribution in [3.05, 3.63) is 51.7 Å². The highest BCUT2D eigenvalue weighted by molar-refractivity contribution is 5.80. The normalized spacial score (nSPS) is 12.6. The van der Waals surface area contributed by atoms with E-state index < -0.39 is 0 Å². The zero-order valence-electron chi connectivity index (χ0n) is 10.1. The average Bonchev–Trinajstić information content (AvgIpc) is 2.20. The number of nitrogens with one attached hydrogen (secondary N) is 1. The number of benzene rings is 1. The summed E-state index contributed by atoms with van der Waals surface area (Å²) >= 11 is 0. The predicted molar refractivity (Wildman–Crippen MR) is 62.0 cm³/mol. The van der Waals surface area contributed by atoms with Gasteiger partial charge in [0.15, 0.2) is 12.4 Å². The molecule has 0 unspecified atom stereocenters. The van der Waals surface area contributed by atoms with Crippen LogP contribution in [0.2, 0.25) is 1.41 Å². The van der Waals surface area contributed by atoms with Crippen LogP contribution in [0.15, 0.2) is 24.3 Å². The van der Waals surface area contributed by atoms with Crippen LogP contribution < -0.4 is 0 Å². The van der Waals surface area contributed by atoms with Crippen LogP contribution in [0, 0.1) is 10.4 Å². The number of nitrogens with zero attached hydrogens (tertiary/aromatic N) is 2. The van der Waals surface area contributed by atoms with Gasteiger partial charge in [0.05, 0.1) is 0 Å². The third kappa shape index (κ3) is 5.74. The zero-order valence-corrected chi connectivity index (χ0v) is 9.07. The molecule has 0 saturated heterocycles. The first-order chi connectivity index (χ1) is 7.99. The Morgan fingerprint density at radius 1 is 1.12 bits per heavy atom. The van der Waals surface area contributed by atoms with Crippen molar-refractivity contribution in [1.82, 2.24) is 0 Å². The Labute approximate surface area is 95.2 Å². The van der Waals surface area contributed by atoms with Crippen molar-refractivity contribution in [2.45, 2.75) is 0 Å². The minimum absolute atomic E-state index is 0.735. The van der Waals surface area contributed by atoms with Crippen LogP contribution in [0.25, 0.3) is 5.89 Å². The van der Waals surface area contributed by atoms with Gasteiger partial charge in [0.25, 0.3) is 0 Å². The molecular formula is C10H14N3O3-. The monoisotopic (exact) mass is 225 g/mol. The molecule has 0 aliphatic carbocycles. The van der Waals surface area contributed by atoms with Crippen molar-refractivity contribution < 1.29 is 16.1 Å². The van der Waals surface area contributed by atoms with Crippen molar-refractivity contribution in [2.24, 2.45) is 0 Å². The van der Waals surface area contributed by atoms with Gasteiger partial charge in [-0.1, -0.05) is 0 Å². The van der Waals surface area contributed by atoms with E-state index in [4.69, 9.17) is 6.62 Å². The van der Waals surface area contributed by atoms with Gasteiger partial charge in [-0.2, -0.15) is 0 Å². The topological polar surface area (TPSA) is 96.2 Å². The summed E-state index contributed by atoms with van der Waals surface area (Å²) in [5.74, 6) is 1.75. The third-order valence-electron chi connectivity index (χ3n) is 1.60. The minimum Gasteiger partial charge on any atom is -0.624 e. The molecule has 0 aliphatic rings. The summed E-state index contributed by atoms with van der Waals surface area (Å²) in [7, 11) is 2.84. The second-order valence-corrected chi connectivity index (χ2v) is 3.02. The third-order valence-corrected chi connectivity index (χ3v) is 1.60. The molecule has 0 amide bonds. The quantitative estimate of drug-likeness (QED) is 0.355. The van der Waals surface area contributed by atoms with Gasteiger partial charge >= 0.3 is 0 Å². The lowest BCUT2D eigenvalue weighted by Gasteiger charge is -1.97. The summed E-state index contributed by atoms with van der Waals surface area (Å²) in [4.78, 5) is 0. The molecule has 2 N–H and O–H groups in total. The number of rotatable bonds is 2. The van der Waals surface area contributed by atoms with E-state index in [1.54, 1.807) is 30.2 Å². The maximum Gasteiger partial charge on any atom is 0.181 e. The molecule has 0 radical (unpaired) electrons. The van der Waals surface area contributed by atoms with Crippen molar-refractivity contribution in [3.63, 3.8) is 0 Å². The molecule has 0 aromatic heterocycles. The van der Waals surface area contributed by atoms with Gasteiger partial charge in [0, 0.05) is 11.1 Å². The molecule has 16 heavy (non-hydrogen) atoms. The van der Waals surface area contributed by atoms with Crippen LogP contribution in [0.4, 0.5) is 0 Å². The number of hydroxylamine groups is 2. The number of hydrogen-bond donors (Lipinski definition) is 1. The van der Waals surface area contributed by atoms with Gasteiger partial charge in [-0.05, 0) is 24.3 Å². The lowest BCUT2D eigenvalue weighted by molar-refractivity contribution is -0.417. The van der Waals surface area contributed by atoms with Crippen molar-refractivity contribution >= 4 is 12.4 Å². The Balaban J connectivity index is 0.000000770. The highest BCUT2D eigenvalue weighted by atomic mass is 16.5. The summed E-state index contributed by atoms with van der Waals surface area (Å²) < 4.78 is 6.86. The van der Waals surface area contributed by atoms with Crippen LogP contribution in [-0.2, 0) is 0 Å². The average molecular weight is 225 g/mol. The lowest BCUT2D eigenvalue weighted by Crippen LogP contribution is -1.99. The Kier molecular flexibility index (Phi) is 5.61. The minimum atomic E-state index is 0.735. The van der Waals surface area contributed by atoms with E-state index in [2.05, 4.69) is 0 Å². The first-order valence-corrected chi connectivity index (χ1v) is 4.37. The largest absolute Gasteiger partial charge is 0.624 e. The predicted octanol–water partition coefficient (Wildman–Crippen LogP) is 1.23. The fourth-order valence-electron chi connectivity index (χ4n) is 1.09. The van der Waals surface area contributed by atoms with E-state index in [9.17, 15) is 10.4 Å². The van der Waals surface area contributed by atoms with E-state index in [1.807, 2.05) is 0 Å². The molecule has 88 valence electrons. The van der Waals surface area contributed by atoms with Crippen molar-refractivity contribution in [1.29, 1.82) is 0 Å². The molecular weight excluding hydrogens is 210 g/mol. The van der Waals surface area contributed by atoms with E-state index in [1.165, 1.54) is 26.5 Å². The van der Waals surface area contributed by atoms with Crippen LogP contribution in [-0.4, -0.2) is 41.2 Å². The Morgan fingerprint density at radius 3 is 1.56 bits per heavy atom. The summed E-state index contributed by atoms with van der Waals surface area (Å²) in [5.41, 5.74) is 1.63. The summed E-state index contributed by atoms with van der Waals surface area (Å²) in [5, 5.41) is 28.2. The van der Waals surface area contributed by atoms with Gasteiger partial charge < -0.3 is 21.5 Å². The first-order valence-electron chi connectivity index (χ1n) is 4.82. The highest BCUT2D eigenvalue weighted by Crippen LogP contribution is 1.99. The fraction of sp³-hybridized carbons (Fsp3) is 0.200. The van der Waals surface area contributed by atoms with Gasteiger partial charge in [-0.25, -0.2) is 9.48 Å². The molecule has 0 bridgehead atoms. The zero-order chi connectivity index (χ0) is 13.3. The molecule has 6 heteroatoms. The van der Waals surface area contributed by atoms with E-state index in [0.717, 1.165) is 20.6 Å². The molecule has 1 rings (SSSR count). The smallest absolute Gasteiger partial charge is 0.181 e. The van der Waals surface area contributed by atoms with E-state index >= 15 is 0 Å². The highest BCUT2D eigenvalue weighted by Gasteiger charge is 1.94. The summed E-state index contributed by atoms with van der Waals surface area (Å²) in [6.45, 7) is 0. The number of hydrogen-bond acceptors (Lipinski definition) is 3. The molecule has 0 saturated carbocycles. The maximum absolute atomic E-state index is 10.7.